The van der Waals surface area contributed by atoms with Gasteiger partial charge < -0.3 is 24.5 Å². The Morgan fingerprint density at radius 3 is 2.81 bits per heavy atom. The highest BCUT2D eigenvalue weighted by Crippen LogP contribution is 2.41. The molecule has 2 aromatic rings. The monoisotopic (exact) mass is 372 g/mol. The summed E-state index contributed by atoms with van der Waals surface area (Å²) in [6, 6.07) is 8.28. The van der Waals surface area contributed by atoms with E-state index in [-0.39, 0.29) is 17.3 Å². The molecule has 7 heteroatoms. The number of hydrogen-bond acceptors (Lipinski definition) is 5. The predicted molar refractivity (Wildman–Crippen MR) is 99.0 cm³/mol. The Morgan fingerprint density at radius 1 is 1.26 bits per heavy atom. The summed E-state index contributed by atoms with van der Waals surface area (Å²) >= 11 is 0. The molecule has 0 saturated carbocycles. The molecule has 1 aliphatic rings. The number of carbonyl (C=O) groups excluding carboxylic acids is 2. The van der Waals surface area contributed by atoms with Gasteiger partial charge in [0.25, 0.3) is 5.91 Å². The van der Waals surface area contributed by atoms with Crippen LogP contribution < -0.4 is 20.1 Å². The van der Waals surface area contributed by atoms with Crippen molar-refractivity contribution in [1.29, 1.82) is 0 Å². The molecule has 3 rings (SSSR count). The van der Waals surface area contributed by atoms with E-state index in [4.69, 9.17) is 13.9 Å². The molecule has 0 bridgehead atoms. The van der Waals surface area contributed by atoms with Crippen molar-refractivity contribution in [3.63, 3.8) is 0 Å². The van der Waals surface area contributed by atoms with E-state index in [2.05, 4.69) is 10.6 Å². The normalized spacial score (nSPS) is 15.4. The molecule has 0 radical (unpaired) electrons. The lowest BCUT2D eigenvalue weighted by Gasteiger charge is -2.18. The van der Waals surface area contributed by atoms with E-state index in [0.717, 1.165) is 17.7 Å². The standard InChI is InChI=1S/C20H24N2O5/c1-13(22-19(24)16-8-5-10-25-16)18(23)21-9-11-26-15-7-4-6-14-12-20(2,3)27-17(14)15/h4-8,10,13H,9,11-12H2,1-3H3,(H,21,23)(H,22,24). The van der Waals surface area contributed by atoms with Crippen LogP contribution >= 0.6 is 0 Å². The van der Waals surface area contributed by atoms with Crippen molar-refractivity contribution < 1.29 is 23.5 Å². The number of para-hydroxylation sites is 1. The Bertz CT molecular complexity index is 814. The Hall–Kier alpha value is -2.96. The van der Waals surface area contributed by atoms with E-state index in [1.54, 1.807) is 13.0 Å². The van der Waals surface area contributed by atoms with Crippen LogP contribution in [0.3, 0.4) is 0 Å². The molecule has 1 aromatic carbocycles. The van der Waals surface area contributed by atoms with Gasteiger partial charge in [-0.2, -0.15) is 0 Å². The molecule has 1 aromatic heterocycles. The van der Waals surface area contributed by atoms with Gasteiger partial charge in [-0.05, 0) is 39.0 Å². The molecule has 2 amide bonds. The third-order valence-corrected chi connectivity index (χ3v) is 4.20. The number of fused-ring (bicyclic) bond motifs is 1. The Labute approximate surface area is 158 Å². The topological polar surface area (TPSA) is 89.8 Å². The number of carbonyl (C=O) groups is 2. The van der Waals surface area contributed by atoms with Gasteiger partial charge in [0, 0.05) is 12.0 Å². The van der Waals surface area contributed by atoms with Crippen molar-refractivity contribution in [3.05, 3.63) is 47.9 Å². The number of benzene rings is 1. The van der Waals surface area contributed by atoms with Gasteiger partial charge in [0.2, 0.25) is 5.91 Å². The van der Waals surface area contributed by atoms with E-state index < -0.39 is 11.9 Å². The van der Waals surface area contributed by atoms with Gasteiger partial charge in [0.15, 0.2) is 17.3 Å². The number of nitrogens with one attached hydrogen (secondary N) is 2. The molecule has 0 spiro atoms. The van der Waals surface area contributed by atoms with Gasteiger partial charge in [0.05, 0.1) is 12.8 Å². The van der Waals surface area contributed by atoms with Gasteiger partial charge >= 0.3 is 0 Å². The van der Waals surface area contributed by atoms with Crippen LogP contribution in [0.5, 0.6) is 11.5 Å². The van der Waals surface area contributed by atoms with Gasteiger partial charge in [-0.3, -0.25) is 9.59 Å². The zero-order valence-electron chi connectivity index (χ0n) is 15.7. The van der Waals surface area contributed by atoms with Crippen molar-refractivity contribution >= 4 is 11.8 Å². The van der Waals surface area contributed by atoms with Crippen LogP contribution in [0.2, 0.25) is 0 Å². The Kier molecular flexibility index (Phi) is 5.39. The van der Waals surface area contributed by atoms with Crippen LogP contribution in [-0.4, -0.2) is 36.6 Å². The van der Waals surface area contributed by atoms with Crippen molar-refractivity contribution in [1.82, 2.24) is 10.6 Å². The second kappa shape index (κ2) is 7.73. The van der Waals surface area contributed by atoms with E-state index in [0.29, 0.717) is 18.9 Å². The summed E-state index contributed by atoms with van der Waals surface area (Å²) < 4.78 is 16.7. The number of hydrogen-bond donors (Lipinski definition) is 2. The first-order valence-corrected chi connectivity index (χ1v) is 8.91. The third-order valence-electron chi connectivity index (χ3n) is 4.20. The zero-order chi connectivity index (χ0) is 19.4. The second-order valence-corrected chi connectivity index (χ2v) is 7.09. The van der Waals surface area contributed by atoms with E-state index >= 15 is 0 Å². The maximum atomic E-state index is 12.1. The minimum atomic E-state index is -0.687. The maximum Gasteiger partial charge on any atom is 0.287 e. The molecule has 1 unspecified atom stereocenters. The second-order valence-electron chi connectivity index (χ2n) is 7.09. The van der Waals surface area contributed by atoms with Crippen molar-refractivity contribution in [2.24, 2.45) is 0 Å². The van der Waals surface area contributed by atoms with E-state index in [9.17, 15) is 9.59 Å². The molecule has 0 aliphatic carbocycles. The molecular weight excluding hydrogens is 348 g/mol. The average Bonchev–Trinajstić information content (AvgIpc) is 3.24. The van der Waals surface area contributed by atoms with Crippen LogP contribution in [-0.2, 0) is 11.2 Å². The van der Waals surface area contributed by atoms with Crippen LogP contribution in [0.15, 0.2) is 41.0 Å². The quantitative estimate of drug-likeness (QED) is 0.728. The number of rotatable bonds is 7. The van der Waals surface area contributed by atoms with Crippen molar-refractivity contribution in [2.75, 3.05) is 13.2 Å². The first-order chi connectivity index (χ1) is 12.9. The van der Waals surface area contributed by atoms with Crippen LogP contribution in [0.1, 0.15) is 36.9 Å². The molecule has 0 fully saturated rings. The SMILES string of the molecule is CC(NC(=O)c1ccco1)C(=O)NCCOc1cccc2c1OC(C)(C)C2. The fraction of sp³-hybridized carbons (Fsp3) is 0.400. The zero-order valence-corrected chi connectivity index (χ0v) is 15.7. The first-order valence-electron chi connectivity index (χ1n) is 8.91. The summed E-state index contributed by atoms with van der Waals surface area (Å²) in [6.07, 6.45) is 2.24. The van der Waals surface area contributed by atoms with Crippen molar-refractivity contribution in [2.45, 2.75) is 38.8 Å². The van der Waals surface area contributed by atoms with Crippen molar-refractivity contribution in [3.8, 4) is 11.5 Å². The third kappa shape index (κ3) is 4.61. The summed E-state index contributed by atoms with van der Waals surface area (Å²) in [7, 11) is 0. The van der Waals surface area contributed by atoms with Gasteiger partial charge in [0.1, 0.15) is 18.2 Å². The molecule has 2 heterocycles. The number of amides is 2. The maximum absolute atomic E-state index is 12.1. The molecular formula is C20H24N2O5. The fourth-order valence-corrected chi connectivity index (χ4v) is 2.93. The van der Waals surface area contributed by atoms with Crippen LogP contribution in [0.25, 0.3) is 0 Å². The minimum absolute atomic E-state index is 0.166. The highest BCUT2D eigenvalue weighted by molar-refractivity contribution is 5.95. The molecule has 1 atom stereocenters. The molecule has 2 N–H and O–H groups in total. The fourth-order valence-electron chi connectivity index (χ4n) is 2.93. The van der Waals surface area contributed by atoms with Gasteiger partial charge in [-0.1, -0.05) is 12.1 Å². The summed E-state index contributed by atoms with van der Waals surface area (Å²) in [6.45, 7) is 6.29. The summed E-state index contributed by atoms with van der Waals surface area (Å²) in [4.78, 5) is 24.0. The largest absolute Gasteiger partial charge is 0.488 e. The van der Waals surface area contributed by atoms with Gasteiger partial charge in [-0.25, -0.2) is 0 Å². The average molecular weight is 372 g/mol. The van der Waals surface area contributed by atoms with Crippen LogP contribution in [0, 0.1) is 0 Å². The predicted octanol–water partition coefficient (Wildman–Crippen LogP) is 2.31. The minimum Gasteiger partial charge on any atom is -0.488 e. The summed E-state index contributed by atoms with van der Waals surface area (Å²) in [5.41, 5.74) is 0.883. The number of furan rings is 1. The molecule has 0 saturated heterocycles. The summed E-state index contributed by atoms with van der Waals surface area (Å²) in [5.74, 6) is 0.880. The highest BCUT2D eigenvalue weighted by atomic mass is 16.5. The lowest BCUT2D eigenvalue weighted by atomic mass is 10.0. The van der Waals surface area contributed by atoms with E-state index in [1.807, 2.05) is 32.0 Å². The smallest absolute Gasteiger partial charge is 0.287 e. The van der Waals surface area contributed by atoms with E-state index in [1.165, 1.54) is 12.3 Å². The molecule has 144 valence electrons. The Balaban J connectivity index is 1.44. The molecule has 27 heavy (non-hydrogen) atoms. The Morgan fingerprint density at radius 2 is 2.07 bits per heavy atom. The van der Waals surface area contributed by atoms with Gasteiger partial charge in [-0.15, -0.1) is 0 Å². The highest BCUT2D eigenvalue weighted by Gasteiger charge is 2.32. The lowest BCUT2D eigenvalue weighted by Crippen LogP contribution is -2.45. The van der Waals surface area contributed by atoms with Crippen LogP contribution in [0.4, 0.5) is 0 Å². The lowest BCUT2D eigenvalue weighted by molar-refractivity contribution is -0.122. The number of ether oxygens (including phenoxy) is 2. The first kappa shape index (κ1) is 18.8. The summed E-state index contributed by atoms with van der Waals surface area (Å²) in [5, 5.41) is 5.32. The molecule has 7 nitrogen and oxygen atoms in total. The molecule has 1 aliphatic heterocycles.